The van der Waals surface area contributed by atoms with Gasteiger partial charge in [0.05, 0.1) is 12.6 Å². The molecule has 8 N–H and O–H groups in total. The van der Waals surface area contributed by atoms with E-state index >= 15 is 0 Å². The number of hydrogen-bond acceptors (Lipinski definition) is 11. The first-order valence-corrected chi connectivity index (χ1v) is 9.22. The Labute approximate surface area is 144 Å². The van der Waals surface area contributed by atoms with Crippen molar-refractivity contribution in [2.75, 3.05) is 6.61 Å². The first-order chi connectivity index (χ1) is 11.5. The van der Waals surface area contributed by atoms with Crippen LogP contribution in [0.25, 0.3) is 0 Å². The zero-order valence-electron chi connectivity index (χ0n) is 13.7. The van der Waals surface area contributed by atoms with Crippen molar-refractivity contribution < 1.29 is 22.9 Å². The molecule has 3 aliphatic heterocycles. The smallest absolute Gasteiger partial charge is 0.333 e. The number of nitrogens with two attached hydrogens (primary N) is 3. The number of rotatable bonds is 3. The molecule has 1 spiro atoms. The number of guanidine groups is 2. The van der Waals surface area contributed by atoms with Gasteiger partial charge in [0, 0.05) is 5.41 Å². The van der Waals surface area contributed by atoms with Gasteiger partial charge in [0.2, 0.25) is 5.96 Å². The van der Waals surface area contributed by atoms with E-state index in [4.69, 9.17) is 20.8 Å². The van der Waals surface area contributed by atoms with Gasteiger partial charge in [-0.1, -0.05) is 6.92 Å². The Morgan fingerprint density at radius 3 is 2.56 bits per heavy atom. The zero-order valence-corrected chi connectivity index (χ0v) is 14.5. The molecule has 1 saturated carbocycles. The molecule has 0 aromatic carbocycles. The summed E-state index contributed by atoms with van der Waals surface area (Å²) in [5, 5.41) is 26.4. The summed E-state index contributed by atoms with van der Waals surface area (Å²) in [6.07, 6.45) is 0.288. The number of hydroxylamine groups is 2. The average Bonchev–Trinajstić information content (AvgIpc) is 2.94. The monoisotopic (exact) mass is 375 g/mol. The maximum Gasteiger partial charge on any atom is 0.333 e. The summed E-state index contributed by atoms with van der Waals surface area (Å²) >= 11 is 0. The van der Waals surface area contributed by atoms with Crippen molar-refractivity contribution in [1.82, 2.24) is 9.96 Å². The van der Waals surface area contributed by atoms with Crippen LogP contribution in [0, 0.1) is 5.41 Å². The van der Waals surface area contributed by atoms with E-state index in [0.29, 0.717) is 0 Å². The molecule has 4 aliphatic rings. The minimum absolute atomic E-state index is 0.0394. The first-order valence-electron chi connectivity index (χ1n) is 7.75. The van der Waals surface area contributed by atoms with Crippen LogP contribution >= 0.6 is 0 Å². The zero-order chi connectivity index (χ0) is 18.6. The van der Waals surface area contributed by atoms with Gasteiger partial charge in [-0.05, 0) is 13.3 Å². The molecule has 0 amide bonds. The maximum atomic E-state index is 11.7. The molecule has 0 aromatic rings. The van der Waals surface area contributed by atoms with Crippen molar-refractivity contribution in [2.45, 2.75) is 49.7 Å². The second-order valence-corrected chi connectivity index (χ2v) is 8.38. The molecule has 0 bridgehead atoms. The van der Waals surface area contributed by atoms with Gasteiger partial charge in [-0.2, -0.15) is 13.5 Å². The molecular weight excluding hydrogens is 354 g/mol. The highest BCUT2D eigenvalue weighted by Crippen LogP contribution is 2.76. The third-order valence-corrected chi connectivity index (χ3v) is 6.78. The van der Waals surface area contributed by atoms with Gasteiger partial charge in [0.25, 0.3) is 0 Å². The van der Waals surface area contributed by atoms with Crippen LogP contribution in [-0.2, 0) is 14.5 Å². The Morgan fingerprint density at radius 1 is 1.36 bits per heavy atom. The molecule has 140 valence electrons. The highest BCUT2D eigenvalue weighted by Gasteiger charge is 2.91. The Bertz CT molecular complexity index is 817. The quantitative estimate of drug-likeness (QED) is 0.338. The number of aliphatic imine (C=N–C) groups is 2. The van der Waals surface area contributed by atoms with Crippen molar-refractivity contribution in [3.63, 3.8) is 0 Å². The van der Waals surface area contributed by atoms with Crippen LogP contribution in [0.1, 0.15) is 20.3 Å². The van der Waals surface area contributed by atoms with Gasteiger partial charge in [0.15, 0.2) is 11.6 Å². The summed E-state index contributed by atoms with van der Waals surface area (Å²) in [4.78, 5) is 10.1. The van der Waals surface area contributed by atoms with Crippen LogP contribution in [-0.4, -0.2) is 76.6 Å². The molecule has 2 fully saturated rings. The lowest BCUT2D eigenvalue weighted by atomic mass is 9.80. The van der Waals surface area contributed by atoms with E-state index in [1.807, 2.05) is 0 Å². The Hall–Kier alpha value is -1.67. The van der Waals surface area contributed by atoms with Crippen molar-refractivity contribution in [3.8, 4) is 0 Å². The molecular formula is C12H21N7O5S. The molecule has 6 atom stereocenters. The van der Waals surface area contributed by atoms with E-state index in [1.165, 1.54) is 0 Å². The molecule has 4 rings (SSSR count). The highest BCUT2D eigenvalue weighted by molar-refractivity contribution is 7.84. The highest BCUT2D eigenvalue weighted by atomic mass is 32.2. The van der Waals surface area contributed by atoms with Crippen LogP contribution in [0.2, 0.25) is 0 Å². The van der Waals surface area contributed by atoms with Crippen molar-refractivity contribution >= 4 is 22.2 Å². The van der Waals surface area contributed by atoms with Gasteiger partial charge < -0.3 is 21.5 Å². The van der Waals surface area contributed by atoms with Crippen LogP contribution < -0.4 is 16.6 Å². The Kier molecular flexibility index (Phi) is 2.92. The topological polar surface area (TPSA) is 193 Å². The third kappa shape index (κ3) is 1.58. The standard InChI is InChI=1S/C12H21N7O5S/c1-5-11(24-25(15,22)23)4-10(11,2)12-7(17-9(14)19(12)21)6(3-20)16-8(13)18(5)12/h5-7,20-21H,3-4H2,1-2H3,(H2,13,16)(H2,14,17)(H2,15,22,23)/t5-,6-,7?,10-,11-,12?/m0/s1. The molecule has 13 heteroatoms. The Morgan fingerprint density at radius 2 is 2.00 bits per heavy atom. The van der Waals surface area contributed by atoms with E-state index in [2.05, 4.69) is 9.98 Å². The summed E-state index contributed by atoms with van der Waals surface area (Å²) in [5.74, 6) is -0.123. The normalized spacial score (nSPS) is 47.8. The van der Waals surface area contributed by atoms with Crippen LogP contribution in [0.3, 0.4) is 0 Å². The van der Waals surface area contributed by atoms with E-state index < -0.39 is 45.1 Å². The lowest BCUT2D eigenvalue weighted by Crippen LogP contribution is -2.73. The number of aliphatic hydroxyl groups excluding tert-OH is 1. The lowest BCUT2D eigenvalue weighted by Gasteiger charge is -2.52. The molecule has 12 nitrogen and oxygen atoms in total. The lowest BCUT2D eigenvalue weighted by molar-refractivity contribution is -0.184. The second kappa shape index (κ2) is 4.35. The van der Waals surface area contributed by atoms with Crippen LogP contribution in [0.15, 0.2) is 9.98 Å². The molecule has 25 heavy (non-hydrogen) atoms. The van der Waals surface area contributed by atoms with Gasteiger partial charge in [0.1, 0.15) is 17.7 Å². The summed E-state index contributed by atoms with van der Waals surface area (Å²) in [6, 6.07) is -2.07. The number of piperidine rings is 1. The summed E-state index contributed by atoms with van der Waals surface area (Å²) in [7, 11) is -4.26. The number of aliphatic hydroxyl groups is 1. The van der Waals surface area contributed by atoms with Crippen LogP contribution in [0.5, 0.6) is 0 Å². The second-order valence-electron chi connectivity index (χ2n) is 7.23. The molecule has 0 aromatic heterocycles. The van der Waals surface area contributed by atoms with Crippen LogP contribution in [0.4, 0.5) is 0 Å². The fourth-order valence-corrected chi connectivity index (χ4v) is 6.06. The predicted octanol–water partition coefficient (Wildman–Crippen LogP) is -3.17. The van der Waals surface area contributed by atoms with Crippen molar-refractivity contribution in [2.24, 2.45) is 32.0 Å². The van der Waals surface area contributed by atoms with Gasteiger partial charge >= 0.3 is 10.3 Å². The fourth-order valence-electron chi connectivity index (χ4n) is 5.26. The fraction of sp³-hybridized carbons (Fsp3) is 0.833. The summed E-state index contributed by atoms with van der Waals surface area (Å²) in [5.41, 5.74) is 8.48. The maximum absolute atomic E-state index is 11.7. The summed E-state index contributed by atoms with van der Waals surface area (Å²) in [6.45, 7) is 3.11. The molecule has 3 heterocycles. The van der Waals surface area contributed by atoms with E-state index in [-0.39, 0.29) is 24.9 Å². The summed E-state index contributed by atoms with van der Waals surface area (Å²) < 4.78 is 28.6. The van der Waals surface area contributed by atoms with Gasteiger partial charge in [-0.25, -0.2) is 19.3 Å². The molecule has 2 unspecified atom stereocenters. The van der Waals surface area contributed by atoms with E-state index in [1.54, 1.807) is 18.7 Å². The largest absolute Gasteiger partial charge is 0.394 e. The number of fused-ring (bicyclic) bond motifs is 1. The first kappa shape index (κ1) is 16.8. The third-order valence-electron chi connectivity index (χ3n) is 6.25. The molecule has 1 saturated heterocycles. The minimum atomic E-state index is -4.26. The van der Waals surface area contributed by atoms with Crippen molar-refractivity contribution in [1.29, 1.82) is 0 Å². The number of hydrogen-bond donors (Lipinski definition) is 5. The minimum Gasteiger partial charge on any atom is -0.394 e. The number of nitrogens with zero attached hydrogens (tertiary/aromatic N) is 4. The van der Waals surface area contributed by atoms with Gasteiger partial charge in [-0.3, -0.25) is 5.21 Å². The SMILES string of the molecule is C[C@@H]1N2C(N)=N[C@@H](CO)C3N=C(N)N(O)C32[C@@]2(C)C[C@]12OS(N)(=O)=O. The van der Waals surface area contributed by atoms with E-state index in [9.17, 15) is 18.7 Å². The average molecular weight is 375 g/mol. The Balaban J connectivity index is 1.94. The van der Waals surface area contributed by atoms with Crippen molar-refractivity contribution in [3.05, 3.63) is 0 Å². The van der Waals surface area contributed by atoms with Gasteiger partial charge in [-0.15, -0.1) is 0 Å². The predicted molar refractivity (Wildman–Crippen MR) is 85.2 cm³/mol. The van der Waals surface area contributed by atoms with E-state index in [0.717, 1.165) is 5.06 Å². The molecule has 0 radical (unpaired) electrons. The molecule has 1 aliphatic carbocycles.